The van der Waals surface area contributed by atoms with Crippen LogP contribution in [0.25, 0.3) is 10.9 Å². The van der Waals surface area contributed by atoms with Crippen LogP contribution < -0.4 is 10.3 Å². The Morgan fingerprint density at radius 3 is 2.59 bits per heavy atom. The summed E-state index contributed by atoms with van der Waals surface area (Å²) in [6.07, 6.45) is 1.98. The zero-order valence-corrected chi connectivity index (χ0v) is 16.2. The second-order valence-electron chi connectivity index (χ2n) is 6.86. The number of nitrogens with one attached hydrogen (secondary N) is 1. The fourth-order valence-electron chi connectivity index (χ4n) is 3.18. The lowest BCUT2D eigenvalue weighted by Gasteiger charge is -2.28. The molecule has 0 fully saturated rings. The Kier molecular flexibility index (Phi) is 6.24. The molecule has 3 rings (SSSR count). The SMILES string of the molecule is CCC(C)N(CCc1ccc(OC)cc1)Cc1nc2ccccc2c(=O)[nH]1. The molecule has 1 N–H and O–H groups in total. The molecule has 0 spiro atoms. The summed E-state index contributed by atoms with van der Waals surface area (Å²) >= 11 is 0. The van der Waals surface area contributed by atoms with Gasteiger partial charge in [0.15, 0.2) is 0 Å². The highest BCUT2D eigenvalue weighted by Crippen LogP contribution is 2.15. The fourth-order valence-corrected chi connectivity index (χ4v) is 3.18. The number of aromatic nitrogens is 2. The molecule has 3 aromatic rings. The maximum atomic E-state index is 12.3. The molecule has 0 amide bonds. The van der Waals surface area contributed by atoms with Crippen molar-refractivity contribution in [1.82, 2.24) is 14.9 Å². The van der Waals surface area contributed by atoms with Gasteiger partial charge in [0.2, 0.25) is 0 Å². The third kappa shape index (κ3) is 4.74. The number of methoxy groups -OCH3 is 1. The van der Waals surface area contributed by atoms with Crippen LogP contribution in [0.15, 0.2) is 53.3 Å². The van der Waals surface area contributed by atoms with Crippen molar-refractivity contribution in [2.45, 2.75) is 39.3 Å². The van der Waals surface area contributed by atoms with E-state index in [9.17, 15) is 4.79 Å². The summed E-state index contributed by atoms with van der Waals surface area (Å²) < 4.78 is 5.22. The van der Waals surface area contributed by atoms with E-state index in [-0.39, 0.29) is 5.56 Å². The van der Waals surface area contributed by atoms with Crippen LogP contribution in [-0.4, -0.2) is 34.6 Å². The van der Waals surface area contributed by atoms with Crippen molar-refractivity contribution >= 4 is 10.9 Å². The van der Waals surface area contributed by atoms with Gasteiger partial charge >= 0.3 is 0 Å². The highest BCUT2D eigenvalue weighted by molar-refractivity contribution is 5.77. The summed E-state index contributed by atoms with van der Waals surface area (Å²) in [4.78, 5) is 22.3. The van der Waals surface area contributed by atoms with E-state index in [1.165, 1.54) is 5.56 Å². The fraction of sp³-hybridized carbons (Fsp3) is 0.364. The summed E-state index contributed by atoms with van der Waals surface area (Å²) in [5.41, 5.74) is 1.94. The van der Waals surface area contributed by atoms with Crippen molar-refractivity contribution in [3.8, 4) is 5.75 Å². The minimum Gasteiger partial charge on any atom is -0.497 e. The first kappa shape index (κ1) is 19.1. The second kappa shape index (κ2) is 8.82. The molecule has 1 atom stereocenters. The Labute approximate surface area is 160 Å². The number of H-pyrrole nitrogens is 1. The molecule has 0 aliphatic rings. The van der Waals surface area contributed by atoms with Crippen molar-refractivity contribution in [2.75, 3.05) is 13.7 Å². The van der Waals surface area contributed by atoms with Crippen molar-refractivity contribution in [2.24, 2.45) is 0 Å². The summed E-state index contributed by atoms with van der Waals surface area (Å²) in [5.74, 6) is 1.59. The molecule has 5 nitrogen and oxygen atoms in total. The first-order valence-corrected chi connectivity index (χ1v) is 9.45. The predicted octanol–water partition coefficient (Wildman–Crippen LogP) is 3.77. The molecule has 0 bridgehead atoms. The number of hydrogen-bond donors (Lipinski definition) is 1. The monoisotopic (exact) mass is 365 g/mol. The lowest BCUT2D eigenvalue weighted by atomic mass is 10.1. The molecule has 0 radical (unpaired) electrons. The van der Waals surface area contributed by atoms with Crippen molar-refractivity contribution in [3.63, 3.8) is 0 Å². The molecule has 0 saturated heterocycles. The maximum absolute atomic E-state index is 12.3. The predicted molar refractivity (Wildman–Crippen MR) is 109 cm³/mol. The van der Waals surface area contributed by atoms with E-state index in [1.807, 2.05) is 30.3 Å². The summed E-state index contributed by atoms with van der Waals surface area (Å²) in [6, 6.07) is 16.1. The van der Waals surface area contributed by atoms with Gasteiger partial charge in [-0.15, -0.1) is 0 Å². The molecule has 0 aliphatic heterocycles. The van der Waals surface area contributed by atoms with Gasteiger partial charge in [-0.2, -0.15) is 0 Å². The maximum Gasteiger partial charge on any atom is 0.258 e. The molecule has 1 unspecified atom stereocenters. The Hall–Kier alpha value is -2.66. The molecule has 5 heteroatoms. The van der Waals surface area contributed by atoms with E-state index in [1.54, 1.807) is 13.2 Å². The third-order valence-corrected chi connectivity index (χ3v) is 5.08. The number of rotatable bonds is 8. The number of fused-ring (bicyclic) bond motifs is 1. The van der Waals surface area contributed by atoms with Crippen LogP contribution in [0.1, 0.15) is 31.7 Å². The van der Waals surface area contributed by atoms with Gasteiger partial charge in [0.1, 0.15) is 11.6 Å². The largest absolute Gasteiger partial charge is 0.497 e. The van der Waals surface area contributed by atoms with Gasteiger partial charge in [0, 0.05) is 12.6 Å². The number of hydrogen-bond acceptors (Lipinski definition) is 4. The zero-order chi connectivity index (χ0) is 19.2. The number of para-hydroxylation sites is 1. The van der Waals surface area contributed by atoms with Crippen LogP contribution in [0, 0.1) is 0 Å². The van der Waals surface area contributed by atoms with E-state index in [4.69, 9.17) is 4.74 Å². The number of ether oxygens (including phenoxy) is 1. The van der Waals surface area contributed by atoms with Crippen LogP contribution in [0.5, 0.6) is 5.75 Å². The Bertz CT molecular complexity index is 934. The number of benzene rings is 2. The van der Waals surface area contributed by atoms with E-state index >= 15 is 0 Å². The average molecular weight is 365 g/mol. The standard InChI is InChI=1S/C22H27N3O2/c1-4-16(2)25(14-13-17-9-11-18(27-3)12-10-17)15-21-23-20-8-6-5-7-19(20)22(26)24-21/h5-12,16H,4,13-15H2,1-3H3,(H,23,24,26). The molecular formula is C22H27N3O2. The average Bonchev–Trinajstić information content (AvgIpc) is 2.71. The topological polar surface area (TPSA) is 58.2 Å². The van der Waals surface area contributed by atoms with E-state index in [0.717, 1.165) is 30.7 Å². The highest BCUT2D eigenvalue weighted by Gasteiger charge is 2.15. The Morgan fingerprint density at radius 1 is 1.15 bits per heavy atom. The Morgan fingerprint density at radius 2 is 1.89 bits per heavy atom. The van der Waals surface area contributed by atoms with Gasteiger partial charge in [-0.25, -0.2) is 4.98 Å². The van der Waals surface area contributed by atoms with Gasteiger partial charge in [0.05, 0.1) is 24.6 Å². The van der Waals surface area contributed by atoms with E-state index in [0.29, 0.717) is 23.8 Å². The van der Waals surface area contributed by atoms with Crippen LogP contribution >= 0.6 is 0 Å². The minimum absolute atomic E-state index is 0.0742. The first-order chi connectivity index (χ1) is 13.1. The quantitative estimate of drug-likeness (QED) is 0.660. The lowest BCUT2D eigenvalue weighted by Crippen LogP contribution is -2.35. The van der Waals surface area contributed by atoms with Crippen LogP contribution in [-0.2, 0) is 13.0 Å². The van der Waals surface area contributed by atoms with Crippen molar-refractivity contribution in [3.05, 3.63) is 70.3 Å². The lowest BCUT2D eigenvalue weighted by molar-refractivity contribution is 0.193. The van der Waals surface area contributed by atoms with Gasteiger partial charge < -0.3 is 9.72 Å². The highest BCUT2D eigenvalue weighted by atomic mass is 16.5. The van der Waals surface area contributed by atoms with E-state index < -0.39 is 0 Å². The second-order valence-corrected chi connectivity index (χ2v) is 6.86. The van der Waals surface area contributed by atoms with Crippen LogP contribution in [0.4, 0.5) is 0 Å². The molecule has 0 saturated carbocycles. The van der Waals surface area contributed by atoms with Gasteiger partial charge in [-0.1, -0.05) is 31.2 Å². The molecule has 1 heterocycles. The Balaban J connectivity index is 1.75. The van der Waals surface area contributed by atoms with Crippen LogP contribution in [0.2, 0.25) is 0 Å². The van der Waals surface area contributed by atoms with E-state index in [2.05, 4.69) is 40.8 Å². The zero-order valence-electron chi connectivity index (χ0n) is 16.2. The summed E-state index contributed by atoms with van der Waals surface area (Å²) in [7, 11) is 1.68. The molecular weight excluding hydrogens is 338 g/mol. The molecule has 142 valence electrons. The number of nitrogens with zero attached hydrogens (tertiary/aromatic N) is 2. The molecule has 27 heavy (non-hydrogen) atoms. The third-order valence-electron chi connectivity index (χ3n) is 5.08. The molecule has 0 aliphatic carbocycles. The van der Waals surface area contributed by atoms with Gasteiger partial charge in [0.25, 0.3) is 5.56 Å². The first-order valence-electron chi connectivity index (χ1n) is 9.45. The normalized spacial score (nSPS) is 12.4. The van der Waals surface area contributed by atoms with Gasteiger partial charge in [-0.3, -0.25) is 9.69 Å². The smallest absolute Gasteiger partial charge is 0.258 e. The summed E-state index contributed by atoms with van der Waals surface area (Å²) in [5, 5.41) is 0.634. The van der Waals surface area contributed by atoms with Crippen molar-refractivity contribution < 1.29 is 4.74 Å². The summed E-state index contributed by atoms with van der Waals surface area (Å²) in [6.45, 7) is 5.93. The molecule has 2 aromatic carbocycles. The molecule has 1 aromatic heterocycles. The van der Waals surface area contributed by atoms with Crippen molar-refractivity contribution in [1.29, 1.82) is 0 Å². The van der Waals surface area contributed by atoms with Crippen LogP contribution in [0.3, 0.4) is 0 Å². The van der Waals surface area contributed by atoms with Gasteiger partial charge in [-0.05, 0) is 49.6 Å². The minimum atomic E-state index is -0.0742. The number of aromatic amines is 1.